The molecule has 3 heteroatoms. The first kappa shape index (κ1) is 16.7. The first-order valence-corrected chi connectivity index (χ1v) is 7.53. The fraction of sp³-hybridized carbons (Fsp3) is 0.368. The molecular weight excluding hydrogens is 277 g/mol. The summed E-state index contributed by atoms with van der Waals surface area (Å²) < 4.78 is 12.5. The van der Waals surface area contributed by atoms with Crippen LogP contribution in [0.25, 0.3) is 11.1 Å². The van der Waals surface area contributed by atoms with Crippen LogP contribution in [-0.2, 0) is 5.41 Å². The van der Waals surface area contributed by atoms with E-state index in [1.54, 1.807) is 12.1 Å². The van der Waals surface area contributed by atoms with E-state index in [2.05, 4.69) is 45.0 Å². The van der Waals surface area contributed by atoms with Crippen LogP contribution in [-0.4, -0.2) is 17.8 Å². The fourth-order valence-electron chi connectivity index (χ4n) is 2.37. The Labute approximate surface area is 131 Å². The van der Waals surface area contributed by atoms with Gasteiger partial charge in [-0.1, -0.05) is 69.3 Å². The number of hydrogen-bond acceptors (Lipinski definition) is 2. The fourth-order valence-corrected chi connectivity index (χ4v) is 2.37. The summed E-state index contributed by atoms with van der Waals surface area (Å²) in [7, 11) is 0. The molecule has 2 nitrogen and oxygen atoms in total. The highest BCUT2D eigenvalue weighted by Crippen LogP contribution is 2.27. The normalized spacial score (nSPS) is 14.6. The molecular formula is C19H24FNO. The molecule has 0 saturated heterocycles. The van der Waals surface area contributed by atoms with E-state index in [0.717, 1.165) is 11.1 Å². The Morgan fingerprint density at radius 2 is 1.41 bits per heavy atom. The van der Waals surface area contributed by atoms with E-state index in [4.69, 9.17) is 5.73 Å². The first-order valence-electron chi connectivity index (χ1n) is 7.53. The molecule has 2 aromatic rings. The highest BCUT2D eigenvalue weighted by molar-refractivity contribution is 5.64. The Kier molecular flexibility index (Phi) is 4.99. The smallest absolute Gasteiger partial charge is 0.107 e. The molecule has 0 saturated carbocycles. The summed E-state index contributed by atoms with van der Waals surface area (Å²) in [6.45, 7) is 5.82. The van der Waals surface area contributed by atoms with Gasteiger partial charge in [0.2, 0.25) is 0 Å². The second kappa shape index (κ2) is 6.59. The highest BCUT2D eigenvalue weighted by atomic mass is 19.1. The molecule has 3 N–H and O–H groups in total. The van der Waals surface area contributed by atoms with Crippen LogP contribution < -0.4 is 5.73 Å². The number of rotatable bonds is 4. The van der Waals surface area contributed by atoms with Gasteiger partial charge in [0.05, 0.1) is 12.1 Å². The summed E-state index contributed by atoms with van der Waals surface area (Å²) in [6.07, 6.45) is -0.970. The molecule has 0 aliphatic heterocycles. The van der Waals surface area contributed by atoms with Gasteiger partial charge in [-0.15, -0.1) is 0 Å². The zero-order chi connectivity index (χ0) is 16.3. The third kappa shape index (κ3) is 3.73. The number of aliphatic hydroxyl groups excluding tert-OH is 1. The van der Waals surface area contributed by atoms with Gasteiger partial charge in [0, 0.05) is 0 Å². The number of hydrogen-bond donors (Lipinski definition) is 2. The van der Waals surface area contributed by atoms with Crippen LogP contribution in [0.15, 0.2) is 48.5 Å². The molecule has 0 bridgehead atoms. The maximum Gasteiger partial charge on any atom is 0.107 e. The molecule has 0 aliphatic carbocycles. The van der Waals surface area contributed by atoms with Crippen LogP contribution in [0.1, 0.15) is 38.0 Å². The maximum absolute atomic E-state index is 12.5. The molecule has 2 aromatic carbocycles. The van der Waals surface area contributed by atoms with Gasteiger partial charge in [-0.2, -0.15) is 0 Å². The Balaban J connectivity index is 2.20. The van der Waals surface area contributed by atoms with Crippen LogP contribution in [0.4, 0.5) is 4.39 Å². The minimum Gasteiger partial charge on any atom is -0.387 e. The molecule has 0 amide bonds. The Morgan fingerprint density at radius 1 is 0.955 bits per heavy atom. The SMILES string of the molecule is CC(C)(C)c1ccc(-c2ccc([C@@H](O)[C@H](N)CF)cc2)cc1. The zero-order valence-corrected chi connectivity index (χ0v) is 13.4. The van der Waals surface area contributed by atoms with Crippen LogP contribution in [0.3, 0.4) is 0 Å². The Hall–Kier alpha value is -1.71. The third-order valence-corrected chi connectivity index (χ3v) is 3.92. The zero-order valence-electron chi connectivity index (χ0n) is 13.4. The van der Waals surface area contributed by atoms with Crippen LogP contribution in [0.5, 0.6) is 0 Å². The molecule has 0 fully saturated rings. The standard InChI is InChI=1S/C19H24FNO/c1-19(2,3)16-10-8-14(9-11-16)13-4-6-15(7-5-13)18(22)17(21)12-20/h4-11,17-18,22H,12,21H2,1-3H3/t17-,18-/m1/s1. The van der Waals surface area contributed by atoms with Crippen molar-refractivity contribution in [3.05, 3.63) is 59.7 Å². The number of aliphatic hydroxyl groups is 1. The van der Waals surface area contributed by atoms with Crippen LogP contribution in [0, 0.1) is 0 Å². The maximum atomic E-state index is 12.5. The summed E-state index contributed by atoms with van der Waals surface area (Å²) in [6, 6.07) is 15.0. The molecule has 0 heterocycles. The predicted octanol–water partition coefficient (Wildman–Crippen LogP) is 3.98. The lowest BCUT2D eigenvalue weighted by Gasteiger charge is -2.19. The van der Waals surface area contributed by atoms with Gasteiger partial charge in [-0.3, -0.25) is 0 Å². The monoisotopic (exact) mass is 301 g/mol. The second-order valence-electron chi connectivity index (χ2n) is 6.71. The lowest BCUT2D eigenvalue weighted by atomic mass is 9.86. The average Bonchev–Trinajstić information content (AvgIpc) is 2.53. The number of halogens is 1. The summed E-state index contributed by atoms with van der Waals surface area (Å²) in [5.74, 6) is 0. The topological polar surface area (TPSA) is 46.2 Å². The lowest BCUT2D eigenvalue weighted by Crippen LogP contribution is -2.30. The molecule has 0 aromatic heterocycles. The van der Waals surface area contributed by atoms with E-state index >= 15 is 0 Å². The van der Waals surface area contributed by atoms with Gasteiger partial charge in [-0.25, -0.2) is 4.39 Å². The van der Waals surface area contributed by atoms with Gasteiger partial charge < -0.3 is 10.8 Å². The Morgan fingerprint density at radius 3 is 1.82 bits per heavy atom. The summed E-state index contributed by atoms with van der Waals surface area (Å²) >= 11 is 0. The minimum absolute atomic E-state index is 0.134. The van der Waals surface area contributed by atoms with Gasteiger partial charge in [0.25, 0.3) is 0 Å². The van der Waals surface area contributed by atoms with Crippen molar-refractivity contribution in [1.29, 1.82) is 0 Å². The highest BCUT2D eigenvalue weighted by Gasteiger charge is 2.17. The number of nitrogens with two attached hydrogens (primary N) is 1. The summed E-state index contributed by atoms with van der Waals surface area (Å²) in [5, 5.41) is 9.91. The van der Waals surface area contributed by atoms with E-state index in [9.17, 15) is 9.50 Å². The summed E-state index contributed by atoms with van der Waals surface area (Å²) in [5.41, 5.74) is 9.77. The molecule has 0 spiro atoms. The Bertz CT molecular complexity index is 599. The van der Waals surface area contributed by atoms with Crippen molar-refractivity contribution < 1.29 is 9.50 Å². The van der Waals surface area contributed by atoms with Gasteiger partial charge in [0.1, 0.15) is 6.67 Å². The molecule has 0 unspecified atom stereocenters. The van der Waals surface area contributed by atoms with E-state index in [1.165, 1.54) is 5.56 Å². The first-order chi connectivity index (χ1) is 10.3. The van der Waals surface area contributed by atoms with Crippen molar-refractivity contribution in [2.45, 2.75) is 38.3 Å². The minimum atomic E-state index is -0.970. The lowest BCUT2D eigenvalue weighted by molar-refractivity contribution is 0.132. The number of benzene rings is 2. The predicted molar refractivity (Wildman–Crippen MR) is 89.5 cm³/mol. The van der Waals surface area contributed by atoms with Crippen molar-refractivity contribution in [2.24, 2.45) is 5.73 Å². The third-order valence-electron chi connectivity index (χ3n) is 3.92. The van der Waals surface area contributed by atoms with Crippen molar-refractivity contribution in [3.8, 4) is 11.1 Å². The van der Waals surface area contributed by atoms with Crippen LogP contribution >= 0.6 is 0 Å². The van der Waals surface area contributed by atoms with Crippen LogP contribution in [0.2, 0.25) is 0 Å². The quantitative estimate of drug-likeness (QED) is 0.897. The van der Waals surface area contributed by atoms with E-state index in [0.29, 0.717) is 5.56 Å². The van der Waals surface area contributed by atoms with Gasteiger partial charge in [0.15, 0.2) is 0 Å². The molecule has 0 aliphatic rings. The molecule has 118 valence electrons. The van der Waals surface area contributed by atoms with Gasteiger partial charge in [-0.05, 0) is 27.7 Å². The van der Waals surface area contributed by atoms with Crippen molar-refractivity contribution in [2.75, 3.05) is 6.67 Å². The summed E-state index contributed by atoms with van der Waals surface area (Å²) in [4.78, 5) is 0. The molecule has 2 atom stereocenters. The molecule has 2 rings (SSSR count). The van der Waals surface area contributed by atoms with Crippen molar-refractivity contribution in [1.82, 2.24) is 0 Å². The number of alkyl halides is 1. The van der Waals surface area contributed by atoms with E-state index in [1.807, 2.05) is 12.1 Å². The van der Waals surface area contributed by atoms with E-state index < -0.39 is 18.8 Å². The second-order valence-corrected chi connectivity index (χ2v) is 6.71. The molecule has 22 heavy (non-hydrogen) atoms. The largest absolute Gasteiger partial charge is 0.387 e. The molecule has 0 radical (unpaired) electrons. The van der Waals surface area contributed by atoms with Gasteiger partial charge >= 0.3 is 0 Å². The average molecular weight is 301 g/mol. The van der Waals surface area contributed by atoms with Crippen molar-refractivity contribution >= 4 is 0 Å². The van der Waals surface area contributed by atoms with Crippen molar-refractivity contribution in [3.63, 3.8) is 0 Å². The van der Waals surface area contributed by atoms with E-state index in [-0.39, 0.29) is 5.41 Å².